The Labute approximate surface area is 173 Å². The molecule has 1 atom stereocenters. The second-order valence-corrected chi connectivity index (χ2v) is 6.64. The number of terminal acetylenes is 1. The van der Waals surface area contributed by atoms with Gasteiger partial charge in [-0.3, -0.25) is 9.98 Å². The van der Waals surface area contributed by atoms with Crippen molar-refractivity contribution in [3.8, 4) is 41.0 Å². The van der Waals surface area contributed by atoms with E-state index in [4.69, 9.17) is 15.9 Å². The predicted octanol–water partition coefficient (Wildman–Crippen LogP) is 5.06. The molecule has 0 fully saturated rings. The normalized spacial score (nSPS) is 14.5. The maximum Gasteiger partial charge on any atom is 0.219 e. The molecule has 0 N–H and O–H groups in total. The van der Waals surface area contributed by atoms with Crippen LogP contribution >= 0.6 is 0 Å². The average Bonchev–Trinajstić information content (AvgIpc) is 3.29. The van der Waals surface area contributed by atoms with Gasteiger partial charge in [0.05, 0.1) is 13.2 Å². The first-order valence-corrected chi connectivity index (χ1v) is 9.25. The summed E-state index contributed by atoms with van der Waals surface area (Å²) in [4.78, 5) is 13.2. The first-order chi connectivity index (χ1) is 14.6. The lowest BCUT2D eigenvalue weighted by atomic mass is 9.96. The topological polar surface area (TPSA) is 56.6 Å². The van der Waals surface area contributed by atoms with Gasteiger partial charge in [-0.15, -0.1) is 6.42 Å². The van der Waals surface area contributed by atoms with Gasteiger partial charge < -0.3 is 9.47 Å². The molecule has 0 radical (unpaired) electrons. The van der Waals surface area contributed by atoms with Crippen LogP contribution in [0.3, 0.4) is 0 Å². The van der Waals surface area contributed by atoms with E-state index in [-0.39, 0.29) is 11.8 Å². The molecule has 1 aliphatic rings. The number of aromatic nitrogens is 2. The van der Waals surface area contributed by atoms with Crippen molar-refractivity contribution in [2.24, 2.45) is 4.99 Å². The fourth-order valence-electron chi connectivity index (χ4n) is 3.20. The number of aliphatic imine (C=N–C) groups is 1. The molecule has 30 heavy (non-hydrogen) atoms. The van der Waals surface area contributed by atoms with Gasteiger partial charge in [-0.05, 0) is 42.8 Å². The molecule has 1 aliphatic heterocycles. The van der Waals surface area contributed by atoms with Crippen LogP contribution in [0.5, 0.6) is 17.4 Å². The first-order valence-electron chi connectivity index (χ1n) is 9.25. The van der Waals surface area contributed by atoms with E-state index < -0.39 is 5.82 Å². The fraction of sp³-hybridized carbons (Fsp3) is 0.125. The van der Waals surface area contributed by atoms with Crippen molar-refractivity contribution in [2.45, 2.75) is 13.0 Å². The molecule has 0 saturated heterocycles. The third-order valence-corrected chi connectivity index (χ3v) is 4.62. The number of ether oxygens (including phenoxy) is 2. The van der Waals surface area contributed by atoms with Gasteiger partial charge in [0.25, 0.3) is 0 Å². The molecule has 1 aromatic carbocycles. The van der Waals surface area contributed by atoms with Gasteiger partial charge in [-0.1, -0.05) is 18.1 Å². The second-order valence-electron chi connectivity index (χ2n) is 6.64. The maximum absolute atomic E-state index is 15.0. The van der Waals surface area contributed by atoms with Gasteiger partial charge in [-0.25, -0.2) is 9.37 Å². The molecular formula is C24H18FN3O2. The molecule has 4 rings (SSSR count). The average molecular weight is 399 g/mol. The number of halogens is 1. The quantitative estimate of drug-likeness (QED) is 0.563. The highest BCUT2D eigenvalue weighted by atomic mass is 19.1. The number of allylic oxidation sites excluding steroid dienone is 1. The summed E-state index contributed by atoms with van der Waals surface area (Å²) in [5.74, 6) is 2.82. The summed E-state index contributed by atoms with van der Waals surface area (Å²) in [5.41, 5.74) is 3.14. The van der Waals surface area contributed by atoms with E-state index in [0.29, 0.717) is 34.0 Å². The van der Waals surface area contributed by atoms with E-state index in [1.54, 1.807) is 36.7 Å². The third kappa shape index (κ3) is 3.78. The Morgan fingerprint density at radius 1 is 1.17 bits per heavy atom. The molecule has 0 saturated carbocycles. The SMILES string of the molecule is C#Cc1cnc(-c2cc(Oc3cccc(C)n3)c(F)cc2C2C=CC=N2)c(OC)c1. The molecule has 3 aromatic rings. The van der Waals surface area contributed by atoms with Crippen molar-refractivity contribution in [1.82, 2.24) is 9.97 Å². The lowest BCUT2D eigenvalue weighted by Gasteiger charge is -2.17. The first kappa shape index (κ1) is 19.3. The van der Waals surface area contributed by atoms with Crippen molar-refractivity contribution >= 4 is 6.21 Å². The number of aryl methyl sites for hydroxylation is 1. The number of benzene rings is 1. The number of nitrogens with zero attached hydrogens (tertiary/aromatic N) is 3. The molecule has 6 heteroatoms. The minimum atomic E-state index is -0.522. The molecule has 0 spiro atoms. The minimum Gasteiger partial charge on any atom is -0.494 e. The third-order valence-electron chi connectivity index (χ3n) is 4.62. The Balaban J connectivity index is 1.87. The largest absolute Gasteiger partial charge is 0.494 e. The molecule has 0 bridgehead atoms. The summed E-state index contributed by atoms with van der Waals surface area (Å²) < 4.78 is 26.2. The van der Waals surface area contributed by atoms with E-state index >= 15 is 0 Å². The van der Waals surface area contributed by atoms with Gasteiger partial charge in [0, 0.05) is 35.3 Å². The zero-order valence-corrected chi connectivity index (χ0v) is 16.5. The highest BCUT2D eigenvalue weighted by molar-refractivity contribution is 5.78. The van der Waals surface area contributed by atoms with E-state index in [0.717, 1.165) is 5.69 Å². The number of pyridine rings is 2. The van der Waals surface area contributed by atoms with Crippen LogP contribution in [-0.4, -0.2) is 23.3 Å². The number of rotatable bonds is 5. The summed E-state index contributed by atoms with van der Waals surface area (Å²) >= 11 is 0. The molecule has 0 amide bonds. The predicted molar refractivity (Wildman–Crippen MR) is 114 cm³/mol. The molecule has 5 nitrogen and oxygen atoms in total. The lowest BCUT2D eigenvalue weighted by Crippen LogP contribution is -2.01. The van der Waals surface area contributed by atoms with E-state index in [1.165, 1.54) is 13.2 Å². The molecule has 3 heterocycles. The summed E-state index contributed by atoms with van der Waals surface area (Å²) in [6.07, 6.45) is 12.4. The Morgan fingerprint density at radius 2 is 2.03 bits per heavy atom. The van der Waals surface area contributed by atoms with Crippen LogP contribution in [0.2, 0.25) is 0 Å². The standard InChI is InChI=1S/C24H18FN3O2/c1-4-16-11-22(29-3)24(27-14-16)18-13-21(30-23-9-5-7-15(2)28-23)19(25)12-17(18)20-8-6-10-26-20/h1,5-14,20H,2-3H3. The summed E-state index contributed by atoms with van der Waals surface area (Å²) in [6.45, 7) is 1.84. The Kier molecular flexibility index (Phi) is 5.27. The maximum atomic E-state index is 15.0. The lowest BCUT2D eigenvalue weighted by molar-refractivity contribution is 0.414. The molecule has 1 unspecified atom stereocenters. The van der Waals surface area contributed by atoms with Crippen molar-refractivity contribution in [2.75, 3.05) is 7.11 Å². The molecule has 2 aromatic heterocycles. The van der Waals surface area contributed by atoms with Crippen molar-refractivity contribution in [1.29, 1.82) is 0 Å². The smallest absolute Gasteiger partial charge is 0.219 e. The zero-order valence-electron chi connectivity index (χ0n) is 16.5. The second kappa shape index (κ2) is 8.18. The van der Waals surface area contributed by atoms with E-state index in [2.05, 4.69) is 20.9 Å². The van der Waals surface area contributed by atoms with Gasteiger partial charge >= 0.3 is 0 Å². The van der Waals surface area contributed by atoms with Gasteiger partial charge in [0.15, 0.2) is 11.6 Å². The Morgan fingerprint density at radius 3 is 2.73 bits per heavy atom. The minimum absolute atomic E-state index is 0.0303. The highest BCUT2D eigenvalue weighted by Gasteiger charge is 2.22. The van der Waals surface area contributed by atoms with Crippen LogP contribution in [-0.2, 0) is 0 Å². The molecule has 0 aliphatic carbocycles. The molecule has 148 valence electrons. The van der Waals surface area contributed by atoms with Gasteiger partial charge in [0.2, 0.25) is 5.88 Å². The van der Waals surface area contributed by atoms with Crippen LogP contribution in [0.25, 0.3) is 11.3 Å². The van der Waals surface area contributed by atoms with Crippen molar-refractivity contribution in [3.63, 3.8) is 0 Å². The zero-order chi connectivity index (χ0) is 21.1. The van der Waals surface area contributed by atoms with Crippen LogP contribution in [0.1, 0.15) is 22.9 Å². The van der Waals surface area contributed by atoms with Crippen LogP contribution in [0.15, 0.2) is 59.7 Å². The van der Waals surface area contributed by atoms with Crippen LogP contribution in [0.4, 0.5) is 4.39 Å². The van der Waals surface area contributed by atoms with E-state index in [1.807, 2.05) is 25.1 Å². The number of methoxy groups -OCH3 is 1. The Hall–Kier alpha value is -3.98. The summed E-state index contributed by atoms with van der Waals surface area (Å²) in [5, 5.41) is 0. The Bertz CT molecular complexity index is 1200. The monoisotopic (exact) mass is 399 g/mol. The fourth-order valence-corrected chi connectivity index (χ4v) is 3.20. The number of hydrogen-bond acceptors (Lipinski definition) is 5. The highest BCUT2D eigenvalue weighted by Crippen LogP contribution is 2.40. The molecular weight excluding hydrogens is 381 g/mol. The number of hydrogen-bond donors (Lipinski definition) is 0. The van der Waals surface area contributed by atoms with Crippen LogP contribution < -0.4 is 9.47 Å². The van der Waals surface area contributed by atoms with Crippen LogP contribution in [0, 0.1) is 25.1 Å². The summed E-state index contributed by atoms with van der Waals surface area (Å²) in [6, 6.07) is 9.69. The van der Waals surface area contributed by atoms with Crippen molar-refractivity contribution < 1.29 is 13.9 Å². The van der Waals surface area contributed by atoms with Gasteiger partial charge in [0.1, 0.15) is 11.4 Å². The van der Waals surface area contributed by atoms with E-state index in [9.17, 15) is 4.39 Å². The summed E-state index contributed by atoms with van der Waals surface area (Å²) in [7, 11) is 1.53. The van der Waals surface area contributed by atoms with Crippen molar-refractivity contribution in [3.05, 3.63) is 77.4 Å². The van der Waals surface area contributed by atoms with Gasteiger partial charge in [-0.2, -0.15) is 0 Å².